The van der Waals surface area contributed by atoms with Crippen molar-refractivity contribution in [3.63, 3.8) is 0 Å². The first-order chi connectivity index (χ1) is 23.6. The molecular weight excluding hydrogens is 588 g/mol. The van der Waals surface area contributed by atoms with Crippen LogP contribution in [0.2, 0.25) is 0 Å². The van der Waals surface area contributed by atoms with Gasteiger partial charge in [-0.1, -0.05) is 66.7 Å². The Balaban J connectivity index is 1.25. The van der Waals surface area contributed by atoms with E-state index in [0.29, 0.717) is 0 Å². The van der Waals surface area contributed by atoms with Crippen LogP contribution in [-0.4, -0.2) is 9.97 Å². The van der Waals surface area contributed by atoms with E-state index in [2.05, 4.69) is 116 Å². The summed E-state index contributed by atoms with van der Waals surface area (Å²) in [6.07, 6.45) is 0. The third-order valence-electron chi connectivity index (χ3n) is 9.57. The number of aromatic nitrogens is 2. The summed E-state index contributed by atoms with van der Waals surface area (Å²) in [7, 11) is 0. The molecule has 4 aromatic heterocycles. The summed E-state index contributed by atoms with van der Waals surface area (Å²) in [4.78, 5) is 9.95. The van der Waals surface area contributed by atoms with E-state index < -0.39 is 0 Å². The van der Waals surface area contributed by atoms with Crippen molar-refractivity contribution in [2.24, 2.45) is 0 Å². The van der Waals surface area contributed by atoms with Crippen LogP contribution >= 0.6 is 0 Å². The fourth-order valence-electron chi connectivity index (χ4n) is 7.26. The van der Waals surface area contributed by atoms with E-state index in [-0.39, 0.29) is 0 Å². The molecule has 0 unspecified atom stereocenters. The standard InChI is InChI=1S/C44H28N2O2/c1-25-11-12-27-13-16-35-36(19-26(2)46-44(35)43(27)45-25)32-21-30(28-14-17-41-37(23-28)33-7-3-5-9-39(33)47-41)20-31(22-32)29-15-18-42-38(24-29)34-8-4-6-10-40(34)48-42/h3-24H,1-2H3. The predicted octanol–water partition coefficient (Wildman–Crippen LogP) is 12.2. The minimum absolute atomic E-state index is 0.888. The number of hydrogen-bond donors (Lipinski definition) is 0. The second kappa shape index (κ2) is 10.1. The molecule has 6 aromatic carbocycles. The highest BCUT2D eigenvalue weighted by Gasteiger charge is 2.16. The van der Waals surface area contributed by atoms with Crippen LogP contribution in [0.5, 0.6) is 0 Å². The van der Waals surface area contributed by atoms with Crippen molar-refractivity contribution in [3.8, 4) is 33.4 Å². The molecule has 0 aliphatic carbocycles. The second-order valence-electron chi connectivity index (χ2n) is 12.7. The molecule has 0 spiro atoms. The Labute approximate surface area is 275 Å². The molecule has 0 aliphatic heterocycles. The molecule has 48 heavy (non-hydrogen) atoms. The number of aryl methyl sites for hydroxylation is 2. The Bertz CT molecular complexity index is 2800. The molecular formula is C44H28N2O2. The normalized spacial score (nSPS) is 12.0. The summed E-state index contributed by atoms with van der Waals surface area (Å²) in [5.74, 6) is 0. The fourth-order valence-corrected chi connectivity index (χ4v) is 7.26. The first kappa shape index (κ1) is 26.9. The van der Waals surface area contributed by atoms with Crippen molar-refractivity contribution in [3.05, 3.63) is 145 Å². The van der Waals surface area contributed by atoms with E-state index in [4.69, 9.17) is 18.8 Å². The van der Waals surface area contributed by atoms with E-state index in [1.165, 1.54) is 0 Å². The molecule has 4 heterocycles. The summed E-state index contributed by atoms with van der Waals surface area (Å²) >= 11 is 0. The van der Waals surface area contributed by atoms with Crippen LogP contribution in [0.15, 0.2) is 142 Å². The molecule has 0 saturated carbocycles. The number of rotatable bonds is 3. The van der Waals surface area contributed by atoms with Gasteiger partial charge in [-0.3, -0.25) is 9.97 Å². The van der Waals surface area contributed by atoms with Crippen LogP contribution in [0.25, 0.3) is 99.1 Å². The lowest BCUT2D eigenvalue weighted by molar-refractivity contribution is 0.668. The Kier molecular flexibility index (Phi) is 5.67. The van der Waals surface area contributed by atoms with Gasteiger partial charge in [0.1, 0.15) is 22.3 Å². The van der Waals surface area contributed by atoms with Crippen molar-refractivity contribution >= 4 is 65.7 Å². The van der Waals surface area contributed by atoms with Gasteiger partial charge in [0.25, 0.3) is 0 Å². The third-order valence-corrected chi connectivity index (χ3v) is 9.57. The van der Waals surface area contributed by atoms with Gasteiger partial charge in [0, 0.05) is 43.7 Å². The highest BCUT2D eigenvalue weighted by atomic mass is 16.3. The summed E-state index contributed by atoms with van der Waals surface area (Å²) < 4.78 is 12.4. The maximum Gasteiger partial charge on any atom is 0.135 e. The van der Waals surface area contributed by atoms with Crippen LogP contribution in [0.4, 0.5) is 0 Å². The Morgan fingerprint density at radius 1 is 0.375 bits per heavy atom. The van der Waals surface area contributed by atoms with Crippen molar-refractivity contribution in [2.75, 3.05) is 0 Å². The highest BCUT2D eigenvalue weighted by Crippen LogP contribution is 2.40. The fraction of sp³-hybridized carbons (Fsp3) is 0.0455. The van der Waals surface area contributed by atoms with Gasteiger partial charge >= 0.3 is 0 Å². The van der Waals surface area contributed by atoms with Crippen molar-refractivity contribution in [2.45, 2.75) is 13.8 Å². The molecule has 10 rings (SSSR count). The molecule has 0 atom stereocenters. The average Bonchev–Trinajstić information content (AvgIpc) is 3.68. The zero-order valence-corrected chi connectivity index (χ0v) is 26.4. The monoisotopic (exact) mass is 616 g/mol. The van der Waals surface area contributed by atoms with Crippen molar-refractivity contribution in [1.29, 1.82) is 0 Å². The molecule has 0 bridgehead atoms. The van der Waals surface area contributed by atoms with Gasteiger partial charge in [0.05, 0.1) is 11.0 Å². The summed E-state index contributed by atoms with van der Waals surface area (Å²) in [6.45, 7) is 4.10. The quantitative estimate of drug-likeness (QED) is 0.185. The lowest BCUT2D eigenvalue weighted by atomic mass is 9.91. The van der Waals surface area contributed by atoms with Gasteiger partial charge in [-0.05, 0) is 114 Å². The van der Waals surface area contributed by atoms with Gasteiger partial charge < -0.3 is 8.83 Å². The van der Waals surface area contributed by atoms with Crippen LogP contribution in [0.1, 0.15) is 11.4 Å². The minimum Gasteiger partial charge on any atom is -0.456 e. The molecule has 0 fully saturated rings. The number of hydrogen-bond acceptors (Lipinski definition) is 4. The third kappa shape index (κ3) is 4.16. The van der Waals surface area contributed by atoms with Crippen LogP contribution in [0.3, 0.4) is 0 Å². The molecule has 0 amide bonds. The summed E-state index contributed by atoms with van der Waals surface area (Å²) in [5.41, 5.74) is 14.1. The van der Waals surface area contributed by atoms with E-state index in [1.807, 2.05) is 31.2 Å². The lowest BCUT2D eigenvalue weighted by Crippen LogP contribution is -1.93. The molecule has 0 saturated heterocycles. The summed E-state index contributed by atoms with van der Waals surface area (Å²) in [5, 5.41) is 6.63. The van der Waals surface area contributed by atoms with Crippen molar-refractivity contribution in [1.82, 2.24) is 9.97 Å². The Morgan fingerprint density at radius 3 is 1.56 bits per heavy atom. The van der Waals surface area contributed by atoms with Gasteiger partial charge in [0.2, 0.25) is 0 Å². The van der Waals surface area contributed by atoms with E-state index in [0.717, 1.165) is 110 Å². The second-order valence-corrected chi connectivity index (χ2v) is 12.7. The molecule has 4 heteroatoms. The molecule has 4 nitrogen and oxygen atoms in total. The number of benzene rings is 6. The van der Waals surface area contributed by atoms with Crippen molar-refractivity contribution < 1.29 is 8.83 Å². The van der Waals surface area contributed by atoms with Gasteiger partial charge in [-0.25, -0.2) is 0 Å². The summed E-state index contributed by atoms with van der Waals surface area (Å²) in [6, 6.07) is 47.1. The smallest absolute Gasteiger partial charge is 0.135 e. The molecule has 0 N–H and O–H groups in total. The van der Waals surface area contributed by atoms with Gasteiger partial charge in [-0.2, -0.15) is 0 Å². The first-order valence-corrected chi connectivity index (χ1v) is 16.2. The zero-order chi connectivity index (χ0) is 31.9. The number of fused-ring (bicyclic) bond motifs is 9. The SMILES string of the molecule is Cc1ccc2ccc3c(-c4cc(-c5ccc6oc7ccccc7c6c5)cc(-c5ccc6oc7ccccc7c6c5)c4)cc(C)nc3c2n1. The van der Waals surface area contributed by atoms with E-state index >= 15 is 0 Å². The zero-order valence-electron chi connectivity index (χ0n) is 26.4. The number of pyridine rings is 2. The molecule has 0 aliphatic rings. The molecule has 226 valence electrons. The Morgan fingerprint density at radius 2 is 0.917 bits per heavy atom. The van der Waals surface area contributed by atoms with E-state index in [9.17, 15) is 0 Å². The number of furan rings is 2. The molecule has 10 aromatic rings. The number of nitrogens with zero attached hydrogens (tertiary/aromatic N) is 2. The van der Waals surface area contributed by atoms with Crippen LogP contribution < -0.4 is 0 Å². The maximum absolute atomic E-state index is 6.18. The minimum atomic E-state index is 0.888. The van der Waals surface area contributed by atoms with Crippen LogP contribution in [0, 0.1) is 13.8 Å². The highest BCUT2D eigenvalue weighted by molar-refractivity contribution is 6.10. The maximum atomic E-state index is 6.18. The molecule has 0 radical (unpaired) electrons. The van der Waals surface area contributed by atoms with Gasteiger partial charge in [-0.15, -0.1) is 0 Å². The average molecular weight is 617 g/mol. The largest absolute Gasteiger partial charge is 0.456 e. The van der Waals surface area contributed by atoms with E-state index in [1.54, 1.807) is 0 Å². The first-order valence-electron chi connectivity index (χ1n) is 16.2. The number of para-hydroxylation sites is 2. The lowest BCUT2D eigenvalue weighted by Gasteiger charge is -2.15. The van der Waals surface area contributed by atoms with Gasteiger partial charge in [0.15, 0.2) is 0 Å². The predicted molar refractivity (Wildman–Crippen MR) is 197 cm³/mol. The van der Waals surface area contributed by atoms with Crippen LogP contribution in [-0.2, 0) is 0 Å². The Hall–Kier alpha value is -6.26. The topological polar surface area (TPSA) is 52.1 Å².